The summed E-state index contributed by atoms with van der Waals surface area (Å²) in [6.07, 6.45) is 6.40. The Morgan fingerprint density at radius 1 is 1.16 bits per heavy atom. The average molecular weight is 494 g/mol. The third-order valence-corrected chi connectivity index (χ3v) is 7.69. The molecule has 0 saturated heterocycles. The summed E-state index contributed by atoms with van der Waals surface area (Å²) in [4.78, 5) is 0. The van der Waals surface area contributed by atoms with Crippen molar-refractivity contribution < 1.29 is 9.47 Å². The van der Waals surface area contributed by atoms with Crippen molar-refractivity contribution in [2.45, 2.75) is 37.4 Å². The number of hydrogen-bond donors (Lipinski definition) is 3. The SMILES string of the molecule is COc1ccc(NC(=S)NCCSC(c2cc(Cl)ccc2N)C2CCCCC2)c(OC)c1. The van der Waals surface area contributed by atoms with Crippen molar-refractivity contribution in [3.05, 3.63) is 47.0 Å². The van der Waals surface area contributed by atoms with Gasteiger partial charge in [-0.1, -0.05) is 30.9 Å². The van der Waals surface area contributed by atoms with Crippen molar-refractivity contribution in [2.24, 2.45) is 5.92 Å². The first kappa shape index (κ1) is 24.8. The number of methoxy groups -OCH3 is 2. The number of nitrogens with two attached hydrogens (primary N) is 1. The van der Waals surface area contributed by atoms with Gasteiger partial charge in [-0.15, -0.1) is 0 Å². The van der Waals surface area contributed by atoms with Gasteiger partial charge in [0.25, 0.3) is 0 Å². The van der Waals surface area contributed by atoms with Crippen LogP contribution in [0, 0.1) is 5.92 Å². The number of thioether (sulfide) groups is 1. The Labute approximate surface area is 205 Å². The Kier molecular flexibility index (Phi) is 9.63. The quantitative estimate of drug-likeness (QED) is 0.216. The first-order chi connectivity index (χ1) is 15.5. The fourth-order valence-electron chi connectivity index (χ4n) is 4.13. The predicted octanol–water partition coefficient (Wildman–Crippen LogP) is 6.28. The highest BCUT2D eigenvalue weighted by atomic mass is 35.5. The fourth-order valence-corrected chi connectivity index (χ4v) is 5.92. The second-order valence-electron chi connectivity index (χ2n) is 7.91. The lowest BCUT2D eigenvalue weighted by molar-refractivity contribution is 0.352. The number of thiocarbonyl (C=S) groups is 1. The molecule has 1 saturated carbocycles. The molecule has 0 heterocycles. The molecule has 174 valence electrons. The maximum absolute atomic E-state index is 6.34. The van der Waals surface area contributed by atoms with Crippen LogP contribution in [0.4, 0.5) is 11.4 Å². The van der Waals surface area contributed by atoms with Crippen LogP contribution in [0.5, 0.6) is 11.5 Å². The molecule has 8 heteroatoms. The van der Waals surface area contributed by atoms with Crippen molar-refractivity contribution >= 4 is 52.1 Å². The molecule has 1 aliphatic carbocycles. The highest BCUT2D eigenvalue weighted by molar-refractivity contribution is 7.99. The van der Waals surface area contributed by atoms with E-state index >= 15 is 0 Å². The van der Waals surface area contributed by atoms with Crippen LogP contribution >= 0.6 is 35.6 Å². The van der Waals surface area contributed by atoms with E-state index < -0.39 is 0 Å². The Hall–Kier alpha value is -1.83. The summed E-state index contributed by atoms with van der Waals surface area (Å²) in [5.41, 5.74) is 9.13. The Bertz CT molecular complexity index is 907. The molecular weight excluding hydrogens is 462 g/mol. The lowest BCUT2D eigenvalue weighted by Gasteiger charge is -2.31. The molecule has 1 aliphatic rings. The van der Waals surface area contributed by atoms with Gasteiger partial charge in [-0.3, -0.25) is 0 Å². The van der Waals surface area contributed by atoms with Crippen molar-refractivity contribution in [1.82, 2.24) is 5.32 Å². The third-order valence-electron chi connectivity index (χ3n) is 5.78. The van der Waals surface area contributed by atoms with Crippen molar-refractivity contribution in [1.29, 1.82) is 0 Å². The van der Waals surface area contributed by atoms with Crippen LogP contribution in [0.25, 0.3) is 0 Å². The van der Waals surface area contributed by atoms with Gasteiger partial charge in [0, 0.05) is 34.3 Å². The van der Waals surface area contributed by atoms with Gasteiger partial charge >= 0.3 is 0 Å². The summed E-state index contributed by atoms with van der Waals surface area (Å²) in [6, 6.07) is 11.4. The first-order valence-corrected chi connectivity index (χ1v) is 12.8. The van der Waals surface area contributed by atoms with Crippen molar-refractivity contribution in [3.8, 4) is 11.5 Å². The predicted molar refractivity (Wildman–Crippen MR) is 141 cm³/mol. The molecule has 0 bridgehead atoms. The number of nitrogens with one attached hydrogen (secondary N) is 2. The van der Waals surface area contributed by atoms with Crippen LogP contribution in [-0.2, 0) is 0 Å². The number of hydrogen-bond acceptors (Lipinski definition) is 5. The molecule has 5 nitrogen and oxygen atoms in total. The molecule has 0 amide bonds. The van der Waals surface area contributed by atoms with E-state index in [1.165, 1.54) is 32.1 Å². The highest BCUT2D eigenvalue weighted by Gasteiger charge is 2.27. The standard InChI is InChI=1S/C24H32ClN3O2S2/c1-29-18-9-11-21(22(15-18)30-2)28-24(31)27-12-13-32-23(16-6-4-3-5-7-16)19-14-17(25)8-10-20(19)26/h8-11,14-16,23H,3-7,12-13,26H2,1-2H3,(H2,27,28,31). The number of anilines is 2. The van der Waals surface area contributed by atoms with E-state index in [1.54, 1.807) is 14.2 Å². The van der Waals surface area contributed by atoms with Gasteiger partial charge in [-0.25, -0.2) is 0 Å². The third kappa shape index (κ3) is 6.83. The highest BCUT2D eigenvalue weighted by Crippen LogP contribution is 2.45. The minimum atomic E-state index is 0.346. The van der Waals surface area contributed by atoms with Crippen LogP contribution < -0.4 is 25.8 Å². The second kappa shape index (κ2) is 12.4. The normalized spacial score (nSPS) is 15.1. The van der Waals surface area contributed by atoms with Crippen LogP contribution in [-0.4, -0.2) is 31.6 Å². The first-order valence-electron chi connectivity index (χ1n) is 10.9. The van der Waals surface area contributed by atoms with Crippen LogP contribution in [0.2, 0.25) is 5.02 Å². The van der Waals surface area contributed by atoms with E-state index in [4.69, 9.17) is 39.0 Å². The van der Waals surface area contributed by atoms with Crippen molar-refractivity contribution in [2.75, 3.05) is 37.6 Å². The lowest BCUT2D eigenvalue weighted by Crippen LogP contribution is -2.30. The smallest absolute Gasteiger partial charge is 0.170 e. The summed E-state index contributed by atoms with van der Waals surface area (Å²) in [5, 5.41) is 8.16. The van der Waals surface area contributed by atoms with Crippen LogP contribution in [0.1, 0.15) is 42.9 Å². The molecule has 0 aromatic heterocycles. The molecule has 3 rings (SSSR count). The summed E-state index contributed by atoms with van der Waals surface area (Å²) in [5.74, 6) is 2.95. The minimum Gasteiger partial charge on any atom is -0.497 e. The molecule has 0 radical (unpaired) electrons. The Morgan fingerprint density at radius 2 is 1.94 bits per heavy atom. The Balaban J connectivity index is 1.56. The molecule has 2 aromatic carbocycles. The zero-order valence-corrected chi connectivity index (χ0v) is 21.0. The largest absolute Gasteiger partial charge is 0.497 e. The maximum Gasteiger partial charge on any atom is 0.170 e. The zero-order valence-electron chi connectivity index (χ0n) is 18.7. The van der Waals surface area contributed by atoms with E-state index in [1.807, 2.05) is 48.2 Å². The number of nitrogen functional groups attached to an aromatic ring is 1. The lowest BCUT2D eigenvalue weighted by atomic mass is 9.84. The van der Waals surface area contributed by atoms with E-state index in [0.717, 1.165) is 40.0 Å². The van der Waals surface area contributed by atoms with Crippen molar-refractivity contribution in [3.63, 3.8) is 0 Å². The monoisotopic (exact) mass is 493 g/mol. The molecule has 1 fully saturated rings. The number of halogens is 1. The van der Waals surface area contributed by atoms with Gasteiger partial charge in [0.1, 0.15) is 11.5 Å². The van der Waals surface area contributed by atoms with Gasteiger partial charge in [0.2, 0.25) is 0 Å². The minimum absolute atomic E-state index is 0.346. The zero-order chi connectivity index (χ0) is 22.9. The number of benzene rings is 2. The number of ether oxygens (including phenoxy) is 2. The van der Waals surface area contributed by atoms with Gasteiger partial charge < -0.3 is 25.8 Å². The van der Waals surface area contributed by atoms with Crippen LogP contribution in [0.15, 0.2) is 36.4 Å². The molecule has 1 unspecified atom stereocenters. The van der Waals surface area contributed by atoms with E-state index in [9.17, 15) is 0 Å². The summed E-state index contributed by atoms with van der Waals surface area (Å²) in [6.45, 7) is 0.749. The average Bonchev–Trinajstić information content (AvgIpc) is 2.81. The van der Waals surface area contributed by atoms with Gasteiger partial charge in [-0.2, -0.15) is 11.8 Å². The molecule has 4 N–H and O–H groups in total. The fraction of sp³-hybridized carbons (Fsp3) is 0.458. The molecular formula is C24H32ClN3O2S2. The van der Waals surface area contributed by atoms with Gasteiger partial charge in [0.05, 0.1) is 19.9 Å². The van der Waals surface area contributed by atoms with E-state index in [-0.39, 0.29) is 0 Å². The topological polar surface area (TPSA) is 68.5 Å². The molecule has 32 heavy (non-hydrogen) atoms. The summed E-state index contributed by atoms with van der Waals surface area (Å²) < 4.78 is 10.7. The molecule has 2 aromatic rings. The summed E-state index contributed by atoms with van der Waals surface area (Å²) >= 11 is 13.7. The van der Waals surface area contributed by atoms with Gasteiger partial charge in [-0.05, 0) is 66.9 Å². The van der Waals surface area contributed by atoms with Gasteiger partial charge in [0.15, 0.2) is 5.11 Å². The molecule has 1 atom stereocenters. The Morgan fingerprint density at radius 3 is 2.66 bits per heavy atom. The van der Waals surface area contributed by atoms with E-state index in [0.29, 0.717) is 22.0 Å². The van der Waals surface area contributed by atoms with E-state index in [2.05, 4.69) is 10.6 Å². The second-order valence-corrected chi connectivity index (χ2v) is 10.0. The summed E-state index contributed by atoms with van der Waals surface area (Å²) in [7, 11) is 3.25. The molecule has 0 spiro atoms. The molecule has 0 aliphatic heterocycles. The maximum atomic E-state index is 6.34. The van der Waals surface area contributed by atoms with Crippen LogP contribution in [0.3, 0.4) is 0 Å². The number of rotatable bonds is 9.